The molecule has 6 nitrogen and oxygen atoms in total. The van der Waals surface area contributed by atoms with Crippen LogP contribution in [0, 0.1) is 0 Å². The average molecular weight is 251 g/mol. The third-order valence-corrected chi connectivity index (χ3v) is 3.30. The van der Waals surface area contributed by atoms with Crippen molar-refractivity contribution in [3.05, 3.63) is 18.0 Å². The van der Waals surface area contributed by atoms with Gasteiger partial charge < -0.3 is 15.5 Å². The van der Waals surface area contributed by atoms with Gasteiger partial charge in [0, 0.05) is 25.8 Å². The fourth-order valence-electron chi connectivity index (χ4n) is 2.26. The lowest BCUT2D eigenvalue weighted by atomic mass is 10.3. The van der Waals surface area contributed by atoms with Crippen LogP contribution < -0.4 is 5.73 Å². The summed E-state index contributed by atoms with van der Waals surface area (Å²) < 4.78 is 0. The van der Waals surface area contributed by atoms with Gasteiger partial charge in [0.25, 0.3) is 5.91 Å². The van der Waals surface area contributed by atoms with Crippen molar-refractivity contribution >= 4 is 5.91 Å². The Labute approximate surface area is 107 Å². The van der Waals surface area contributed by atoms with Crippen molar-refractivity contribution in [3.63, 3.8) is 0 Å². The van der Waals surface area contributed by atoms with Gasteiger partial charge in [0.05, 0.1) is 11.8 Å². The molecule has 1 saturated heterocycles. The second-order valence-corrected chi connectivity index (χ2v) is 4.62. The summed E-state index contributed by atoms with van der Waals surface area (Å²) in [4.78, 5) is 16.5. The molecular formula is C12H21N5O. The van der Waals surface area contributed by atoms with E-state index in [1.54, 1.807) is 12.4 Å². The fraction of sp³-hybridized carbons (Fsp3) is 0.667. The maximum absolute atomic E-state index is 12.2. The van der Waals surface area contributed by atoms with Crippen molar-refractivity contribution < 1.29 is 4.79 Å². The lowest BCUT2D eigenvalue weighted by Crippen LogP contribution is -2.35. The van der Waals surface area contributed by atoms with Gasteiger partial charge >= 0.3 is 0 Å². The van der Waals surface area contributed by atoms with Gasteiger partial charge in [-0.1, -0.05) is 0 Å². The summed E-state index contributed by atoms with van der Waals surface area (Å²) >= 11 is 0. The number of rotatable bonds is 4. The van der Waals surface area contributed by atoms with Crippen molar-refractivity contribution in [2.75, 3.05) is 39.3 Å². The molecule has 0 aromatic carbocycles. The first-order valence-electron chi connectivity index (χ1n) is 6.51. The van der Waals surface area contributed by atoms with E-state index >= 15 is 0 Å². The van der Waals surface area contributed by atoms with Gasteiger partial charge in [-0.15, -0.1) is 0 Å². The number of H-pyrrole nitrogens is 1. The second kappa shape index (κ2) is 6.51. The summed E-state index contributed by atoms with van der Waals surface area (Å²) in [5.41, 5.74) is 6.17. The van der Waals surface area contributed by atoms with Crippen LogP contribution in [0.5, 0.6) is 0 Å². The molecular weight excluding hydrogens is 230 g/mol. The van der Waals surface area contributed by atoms with Crippen molar-refractivity contribution in [1.29, 1.82) is 0 Å². The molecule has 1 aromatic heterocycles. The molecule has 1 amide bonds. The smallest absolute Gasteiger partial charge is 0.257 e. The fourth-order valence-corrected chi connectivity index (χ4v) is 2.26. The highest BCUT2D eigenvalue weighted by atomic mass is 16.2. The minimum absolute atomic E-state index is 0.0735. The standard InChI is InChI=1S/C12H21N5O/c13-3-1-4-16-5-2-6-17(8-7-16)12(18)11-9-14-15-10-11/h9-10H,1-8,13H2,(H,14,15). The number of carbonyl (C=O) groups is 1. The zero-order chi connectivity index (χ0) is 12.8. The molecule has 1 aliphatic heterocycles. The van der Waals surface area contributed by atoms with Gasteiger partial charge in [-0.05, 0) is 32.5 Å². The highest BCUT2D eigenvalue weighted by molar-refractivity contribution is 5.93. The lowest BCUT2D eigenvalue weighted by molar-refractivity contribution is 0.0761. The summed E-state index contributed by atoms with van der Waals surface area (Å²) in [6, 6.07) is 0. The number of hydrogen-bond acceptors (Lipinski definition) is 4. The maximum atomic E-state index is 12.2. The normalized spacial score (nSPS) is 17.7. The number of amides is 1. The first-order valence-corrected chi connectivity index (χ1v) is 6.51. The zero-order valence-corrected chi connectivity index (χ0v) is 10.6. The van der Waals surface area contributed by atoms with Crippen molar-refractivity contribution in [2.45, 2.75) is 12.8 Å². The SMILES string of the molecule is NCCCN1CCCN(C(=O)c2cn[nH]c2)CC1. The molecule has 6 heteroatoms. The molecule has 3 N–H and O–H groups in total. The largest absolute Gasteiger partial charge is 0.337 e. The molecule has 0 unspecified atom stereocenters. The number of aromatic amines is 1. The number of carbonyl (C=O) groups excluding carboxylic acids is 1. The predicted molar refractivity (Wildman–Crippen MR) is 69.2 cm³/mol. The molecule has 100 valence electrons. The van der Waals surface area contributed by atoms with Crippen LogP contribution in [0.2, 0.25) is 0 Å². The first-order chi connectivity index (χ1) is 8.81. The van der Waals surface area contributed by atoms with E-state index in [-0.39, 0.29) is 5.91 Å². The quantitative estimate of drug-likeness (QED) is 0.783. The number of aromatic nitrogens is 2. The minimum atomic E-state index is 0.0735. The molecule has 18 heavy (non-hydrogen) atoms. The third-order valence-electron chi connectivity index (χ3n) is 3.30. The zero-order valence-electron chi connectivity index (χ0n) is 10.6. The Hall–Kier alpha value is -1.40. The molecule has 2 rings (SSSR count). The molecule has 0 bridgehead atoms. The summed E-state index contributed by atoms with van der Waals surface area (Å²) in [6.07, 6.45) is 5.28. The van der Waals surface area contributed by atoms with Crippen molar-refractivity contribution in [3.8, 4) is 0 Å². The van der Waals surface area contributed by atoms with Crippen LogP contribution in [-0.2, 0) is 0 Å². The van der Waals surface area contributed by atoms with E-state index in [1.165, 1.54) is 0 Å². The Morgan fingerprint density at radius 3 is 3.00 bits per heavy atom. The summed E-state index contributed by atoms with van der Waals surface area (Å²) in [5, 5.41) is 6.50. The number of nitrogens with one attached hydrogen (secondary N) is 1. The van der Waals surface area contributed by atoms with Gasteiger partial charge in [-0.3, -0.25) is 9.89 Å². The van der Waals surface area contributed by atoms with Gasteiger partial charge in [-0.2, -0.15) is 5.10 Å². The summed E-state index contributed by atoms with van der Waals surface area (Å²) in [5.74, 6) is 0.0735. The minimum Gasteiger partial charge on any atom is -0.337 e. The highest BCUT2D eigenvalue weighted by Crippen LogP contribution is 2.08. The molecule has 1 aliphatic rings. The van der Waals surface area contributed by atoms with Gasteiger partial charge in [0.15, 0.2) is 0 Å². The Bertz CT molecular complexity index is 365. The lowest BCUT2D eigenvalue weighted by Gasteiger charge is -2.21. The van der Waals surface area contributed by atoms with E-state index in [0.29, 0.717) is 5.56 Å². The van der Waals surface area contributed by atoms with Crippen LogP contribution in [0.25, 0.3) is 0 Å². The van der Waals surface area contributed by atoms with E-state index in [1.807, 2.05) is 4.90 Å². The number of nitrogens with zero attached hydrogens (tertiary/aromatic N) is 3. The van der Waals surface area contributed by atoms with Crippen LogP contribution in [0.4, 0.5) is 0 Å². The summed E-state index contributed by atoms with van der Waals surface area (Å²) in [7, 11) is 0. The Morgan fingerprint density at radius 1 is 1.39 bits per heavy atom. The third kappa shape index (κ3) is 3.30. The van der Waals surface area contributed by atoms with E-state index in [2.05, 4.69) is 15.1 Å². The second-order valence-electron chi connectivity index (χ2n) is 4.62. The van der Waals surface area contributed by atoms with Crippen molar-refractivity contribution in [2.24, 2.45) is 5.73 Å². The van der Waals surface area contributed by atoms with Crippen molar-refractivity contribution in [1.82, 2.24) is 20.0 Å². The number of hydrogen-bond donors (Lipinski definition) is 2. The molecule has 1 aromatic rings. The topological polar surface area (TPSA) is 78.2 Å². The molecule has 0 spiro atoms. The number of nitrogens with two attached hydrogens (primary N) is 1. The summed E-state index contributed by atoms with van der Waals surface area (Å²) in [6.45, 7) is 5.36. The maximum Gasteiger partial charge on any atom is 0.257 e. The van der Waals surface area contributed by atoms with Crippen LogP contribution in [0.3, 0.4) is 0 Å². The van der Waals surface area contributed by atoms with Crippen LogP contribution in [0.15, 0.2) is 12.4 Å². The van der Waals surface area contributed by atoms with Crippen LogP contribution in [-0.4, -0.2) is 65.2 Å². The molecule has 0 radical (unpaired) electrons. The van der Waals surface area contributed by atoms with Crippen LogP contribution >= 0.6 is 0 Å². The van der Waals surface area contributed by atoms with E-state index < -0.39 is 0 Å². The Balaban J connectivity index is 1.87. The van der Waals surface area contributed by atoms with Crippen LogP contribution in [0.1, 0.15) is 23.2 Å². The van der Waals surface area contributed by atoms with Gasteiger partial charge in [0.1, 0.15) is 0 Å². The van der Waals surface area contributed by atoms with Gasteiger partial charge in [-0.25, -0.2) is 0 Å². The van der Waals surface area contributed by atoms with E-state index in [0.717, 1.165) is 52.1 Å². The van der Waals surface area contributed by atoms with Gasteiger partial charge in [0.2, 0.25) is 0 Å². The molecule has 1 fully saturated rings. The average Bonchev–Trinajstić information content (AvgIpc) is 2.82. The Kier molecular flexibility index (Phi) is 4.72. The Morgan fingerprint density at radius 2 is 2.28 bits per heavy atom. The predicted octanol–water partition coefficient (Wildman–Crippen LogP) is -0.0936. The monoisotopic (exact) mass is 251 g/mol. The molecule has 0 saturated carbocycles. The molecule has 2 heterocycles. The van der Waals surface area contributed by atoms with E-state index in [4.69, 9.17) is 5.73 Å². The molecule has 0 atom stereocenters. The van der Waals surface area contributed by atoms with E-state index in [9.17, 15) is 4.79 Å². The molecule has 0 aliphatic carbocycles. The first kappa shape index (κ1) is 13.0. The highest BCUT2D eigenvalue weighted by Gasteiger charge is 2.20.